The van der Waals surface area contributed by atoms with Gasteiger partial charge in [0.05, 0.1) is 4.92 Å². The molecule has 0 radical (unpaired) electrons. The Morgan fingerprint density at radius 2 is 2.29 bits per heavy atom. The molecule has 9 heteroatoms. The molecule has 0 aliphatic carbocycles. The van der Waals surface area contributed by atoms with E-state index in [9.17, 15) is 19.3 Å². The molecule has 2 N–H and O–H groups in total. The van der Waals surface area contributed by atoms with Crippen molar-refractivity contribution in [1.82, 2.24) is 0 Å². The van der Waals surface area contributed by atoms with E-state index < -0.39 is 28.0 Å². The molecule has 1 aromatic carbocycles. The van der Waals surface area contributed by atoms with Crippen molar-refractivity contribution in [2.24, 2.45) is 0 Å². The SMILES string of the molecule is O=C(O)c1cc([N+](=O)[O-])c(NCC2CSCCS2)cc1F. The molecule has 0 saturated carbocycles. The van der Waals surface area contributed by atoms with Crippen LogP contribution in [0.2, 0.25) is 0 Å². The van der Waals surface area contributed by atoms with Crippen molar-refractivity contribution in [2.45, 2.75) is 5.25 Å². The van der Waals surface area contributed by atoms with Crippen molar-refractivity contribution in [3.8, 4) is 0 Å². The number of nitrogens with zero attached hydrogens (tertiary/aromatic N) is 1. The topological polar surface area (TPSA) is 92.5 Å². The maximum Gasteiger partial charge on any atom is 0.338 e. The second-order valence-corrected chi connectivity index (χ2v) is 6.92. The van der Waals surface area contributed by atoms with Crippen LogP contribution in [0, 0.1) is 15.9 Å². The molecule has 0 aromatic heterocycles. The number of hydrogen-bond acceptors (Lipinski definition) is 6. The second kappa shape index (κ2) is 6.99. The van der Waals surface area contributed by atoms with Crippen LogP contribution in [0.1, 0.15) is 10.4 Å². The Balaban J connectivity index is 2.19. The van der Waals surface area contributed by atoms with Crippen LogP contribution < -0.4 is 5.32 Å². The van der Waals surface area contributed by atoms with Gasteiger partial charge < -0.3 is 10.4 Å². The molecule has 21 heavy (non-hydrogen) atoms. The molecule has 0 amide bonds. The van der Waals surface area contributed by atoms with Gasteiger partial charge in [0.1, 0.15) is 17.1 Å². The lowest BCUT2D eigenvalue weighted by molar-refractivity contribution is -0.384. The first kappa shape index (κ1) is 15.9. The minimum absolute atomic E-state index is 0.0127. The number of nitro benzene ring substituents is 1. The van der Waals surface area contributed by atoms with Crippen LogP contribution in [0.25, 0.3) is 0 Å². The van der Waals surface area contributed by atoms with E-state index in [0.29, 0.717) is 11.8 Å². The summed E-state index contributed by atoms with van der Waals surface area (Å²) < 4.78 is 13.7. The molecule has 6 nitrogen and oxygen atoms in total. The van der Waals surface area contributed by atoms with Gasteiger partial charge in [-0.25, -0.2) is 9.18 Å². The van der Waals surface area contributed by atoms with Crippen LogP contribution in [0.15, 0.2) is 12.1 Å². The molecule has 2 rings (SSSR count). The predicted molar refractivity (Wildman–Crippen MR) is 82.1 cm³/mol. The molecule has 114 valence electrons. The average Bonchev–Trinajstić information content (AvgIpc) is 2.45. The minimum atomic E-state index is -1.53. The normalized spacial score (nSPS) is 18.2. The summed E-state index contributed by atoms with van der Waals surface area (Å²) in [5, 5.41) is 23.0. The molecule has 0 bridgehead atoms. The standard InChI is InChI=1S/C12H13FN2O4S2/c13-9-4-10(14-5-7-6-20-1-2-21-7)11(15(18)19)3-8(9)12(16)17/h3-4,7,14H,1-2,5-6H2,(H,16,17). The van der Waals surface area contributed by atoms with Gasteiger partial charge >= 0.3 is 5.97 Å². The molecule has 1 unspecified atom stereocenters. The third-order valence-corrected chi connectivity index (χ3v) is 5.76. The average molecular weight is 332 g/mol. The highest BCUT2D eigenvalue weighted by Crippen LogP contribution is 2.30. The zero-order valence-electron chi connectivity index (χ0n) is 10.9. The number of halogens is 1. The number of aromatic carboxylic acids is 1. The van der Waals surface area contributed by atoms with E-state index in [-0.39, 0.29) is 5.69 Å². The summed E-state index contributed by atoms with van der Waals surface area (Å²) in [6, 6.07) is 1.63. The Morgan fingerprint density at radius 1 is 1.52 bits per heavy atom. The number of hydrogen-bond donors (Lipinski definition) is 2. The summed E-state index contributed by atoms with van der Waals surface area (Å²) >= 11 is 3.58. The van der Waals surface area contributed by atoms with E-state index >= 15 is 0 Å². The molecule has 1 aliphatic rings. The summed E-state index contributed by atoms with van der Waals surface area (Å²) in [5.74, 6) is 0.526. The number of nitrogens with one attached hydrogen (secondary N) is 1. The Kier molecular flexibility index (Phi) is 5.29. The highest BCUT2D eigenvalue weighted by Gasteiger charge is 2.23. The van der Waals surface area contributed by atoms with Gasteiger partial charge in [-0.1, -0.05) is 0 Å². The van der Waals surface area contributed by atoms with Gasteiger partial charge in [-0.2, -0.15) is 23.5 Å². The van der Waals surface area contributed by atoms with E-state index in [0.717, 1.165) is 29.4 Å². The molecular weight excluding hydrogens is 319 g/mol. The summed E-state index contributed by atoms with van der Waals surface area (Å²) in [6.07, 6.45) is 0. The van der Waals surface area contributed by atoms with Crippen LogP contribution in [0.5, 0.6) is 0 Å². The van der Waals surface area contributed by atoms with Gasteiger partial charge in [0.25, 0.3) is 5.69 Å². The first-order valence-electron chi connectivity index (χ1n) is 6.13. The maximum atomic E-state index is 13.7. The van der Waals surface area contributed by atoms with Gasteiger partial charge in [-0.3, -0.25) is 10.1 Å². The second-order valence-electron chi connectivity index (χ2n) is 4.36. The summed E-state index contributed by atoms with van der Waals surface area (Å²) in [6.45, 7) is 0.477. The largest absolute Gasteiger partial charge is 0.478 e. The summed E-state index contributed by atoms with van der Waals surface area (Å²) in [5.41, 5.74) is -1.12. The van der Waals surface area contributed by atoms with Crippen LogP contribution in [-0.4, -0.2) is 45.1 Å². The van der Waals surface area contributed by atoms with Crippen LogP contribution in [0.4, 0.5) is 15.8 Å². The van der Waals surface area contributed by atoms with E-state index in [2.05, 4.69) is 5.32 Å². The van der Waals surface area contributed by atoms with Crippen LogP contribution in [0.3, 0.4) is 0 Å². The zero-order chi connectivity index (χ0) is 15.4. The first-order valence-corrected chi connectivity index (χ1v) is 8.34. The number of carbonyl (C=O) groups is 1. The Hall–Kier alpha value is -1.48. The molecule has 1 heterocycles. The number of nitro groups is 1. The lowest BCUT2D eigenvalue weighted by Crippen LogP contribution is -2.23. The summed E-state index contributed by atoms with van der Waals surface area (Å²) in [7, 11) is 0. The number of thioether (sulfide) groups is 2. The highest BCUT2D eigenvalue weighted by molar-refractivity contribution is 8.06. The van der Waals surface area contributed by atoms with E-state index in [1.807, 2.05) is 11.8 Å². The van der Waals surface area contributed by atoms with Crippen LogP contribution >= 0.6 is 23.5 Å². The van der Waals surface area contributed by atoms with Crippen molar-refractivity contribution in [2.75, 3.05) is 29.1 Å². The molecule has 1 aliphatic heterocycles. The maximum absolute atomic E-state index is 13.7. The fourth-order valence-corrected chi connectivity index (χ4v) is 4.51. The Bertz CT molecular complexity index is 564. The van der Waals surface area contributed by atoms with E-state index in [1.165, 1.54) is 0 Å². The molecule has 1 atom stereocenters. The molecular formula is C12H13FN2O4S2. The van der Waals surface area contributed by atoms with E-state index in [1.54, 1.807) is 11.8 Å². The summed E-state index contributed by atoms with van der Waals surface area (Å²) in [4.78, 5) is 21.1. The zero-order valence-corrected chi connectivity index (χ0v) is 12.5. The minimum Gasteiger partial charge on any atom is -0.478 e. The smallest absolute Gasteiger partial charge is 0.338 e. The number of benzene rings is 1. The Labute approximate surface area is 128 Å². The third kappa shape index (κ3) is 4.01. The van der Waals surface area contributed by atoms with Crippen molar-refractivity contribution in [3.05, 3.63) is 33.6 Å². The number of rotatable bonds is 5. The van der Waals surface area contributed by atoms with Crippen molar-refractivity contribution >= 4 is 40.9 Å². The number of carboxylic acid groups (broad SMARTS) is 1. The Morgan fingerprint density at radius 3 is 2.86 bits per heavy atom. The van der Waals surface area contributed by atoms with Gasteiger partial charge in [0.15, 0.2) is 0 Å². The van der Waals surface area contributed by atoms with E-state index in [4.69, 9.17) is 5.11 Å². The molecule has 1 aromatic rings. The molecule has 0 spiro atoms. The van der Waals surface area contributed by atoms with Crippen molar-refractivity contribution < 1.29 is 19.2 Å². The van der Waals surface area contributed by atoms with Gasteiger partial charge in [-0.05, 0) is 0 Å². The quantitative estimate of drug-likeness (QED) is 0.632. The number of carboxylic acids is 1. The fraction of sp³-hybridized carbons (Fsp3) is 0.417. The van der Waals surface area contributed by atoms with Crippen molar-refractivity contribution in [1.29, 1.82) is 0 Å². The predicted octanol–water partition coefficient (Wildman–Crippen LogP) is 2.69. The first-order chi connectivity index (χ1) is 9.99. The third-order valence-electron chi connectivity index (χ3n) is 2.92. The molecule has 1 fully saturated rings. The van der Waals surface area contributed by atoms with Gasteiger partial charge in [0.2, 0.25) is 0 Å². The lowest BCUT2D eigenvalue weighted by Gasteiger charge is -2.21. The number of anilines is 1. The van der Waals surface area contributed by atoms with Gasteiger partial charge in [-0.15, -0.1) is 0 Å². The monoisotopic (exact) mass is 332 g/mol. The highest BCUT2D eigenvalue weighted by atomic mass is 32.2. The lowest BCUT2D eigenvalue weighted by atomic mass is 10.1. The van der Waals surface area contributed by atoms with Crippen LogP contribution in [-0.2, 0) is 0 Å². The molecule has 1 saturated heterocycles. The van der Waals surface area contributed by atoms with Crippen molar-refractivity contribution in [3.63, 3.8) is 0 Å². The fourth-order valence-electron chi connectivity index (χ4n) is 1.90. The van der Waals surface area contributed by atoms with Gasteiger partial charge in [0, 0.05) is 41.2 Å².